The molecule has 30 heavy (non-hydrogen) atoms. The van der Waals surface area contributed by atoms with Crippen molar-refractivity contribution in [3.63, 3.8) is 0 Å². The van der Waals surface area contributed by atoms with Gasteiger partial charge < -0.3 is 24.3 Å². The lowest BCUT2D eigenvalue weighted by Gasteiger charge is -2.36. The van der Waals surface area contributed by atoms with Crippen molar-refractivity contribution in [2.24, 2.45) is 0 Å². The number of esters is 1. The summed E-state index contributed by atoms with van der Waals surface area (Å²) in [4.78, 5) is 32.2. The number of piperazine rings is 1. The van der Waals surface area contributed by atoms with E-state index >= 15 is 0 Å². The summed E-state index contributed by atoms with van der Waals surface area (Å²) in [5.41, 5.74) is 3.44. The topological polar surface area (TPSA) is 76.1 Å². The fourth-order valence-electron chi connectivity index (χ4n) is 4.27. The van der Waals surface area contributed by atoms with Crippen LogP contribution in [0.15, 0.2) is 24.3 Å². The standard InChI is InChI=1S/C23H31N3O4/c1-6-30-23(28)20-15(2)21(24-16(20)3)22(27)17(4)25-11-13-26(14-12-25)18-9-7-8-10-19(18)29-5/h7-10,17,24H,6,11-14H2,1-5H3/p+1/t17-/m1/s1. The van der Waals surface area contributed by atoms with Crippen LogP contribution in [-0.2, 0) is 4.74 Å². The number of nitrogens with zero attached hydrogens (tertiary/aromatic N) is 1. The smallest absolute Gasteiger partial charge is 0.340 e. The number of quaternary nitrogens is 1. The van der Waals surface area contributed by atoms with E-state index in [1.54, 1.807) is 21.0 Å². The van der Waals surface area contributed by atoms with Crippen LogP contribution in [0.5, 0.6) is 5.75 Å². The minimum absolute atomic E-state index is 0.0342. The lowest BCUT2D eigenvalue weighted by molar-refractivity contribution is -0.914. The number of nitrogens with one attached hydrogen (secondary N) is 2. The number of ether oxygens (including phenoxy) is 2. The number of ketones is 1. The molecule has 1 atom stereocenters. The molecule has 0 saturated carbocycles. The van der Waals surface area contributed by atoms with Gasteiger partial charge in [-0.3, -0.25) is 4.79 Å². The monoisotopic (exact) mass is 414 g/mol. The van der Waals surface area contributed by atoms with Gasteiger partial charge in [-0.25, -0.2) is 4.79 Å². The zero-order valence-electron chi connectivity index (χ0n) is 18.5. The van der Waals surface area contributed by atoms with Crippen molar-refractivity contribution in [2.45, 2.75) is 33.7 Å². The van der Waals surface area contributed by atoms with E-state index in [9.17, 15) is 9.59 Å². The second kappa shape index (κ2) is 9.34. The molecule has 2 heterocycles. The maximum Gasteiger partial charge on any atom is 0.340 e. The highest BCUT2D eigenvalue weighted by atomic mass is 16.5. The number of rotatable bonds is 7. The van der Waals surface area contributed by atoms with Crippen LogP contribution in [0.1, 0.15) is 46.0 Å². The number of Topliss-reactive ketones (excluding diaryl/α,β-unsaturated/α-hetero) is 1. The lowest BCUT2D eigenvalue weighted by Crippen LogP contribution is -3.18. The zero-order valence-corrected chi connectivity index (χ0v) is 18.5. The van der Waals surface area contributed by atoms with E-state index < -0.39 is 0 Å². The summed E-state index contributed by atoms with van der Waals surface area (Å²) in [6.07, 6.45) is 0. The average molecular weight is 415 g/mol. The van der Waals surface area contributed by atoms with Crippen LogP contribution in [0.25, 0.3) is 0 Å². The quantitative estimate of drug-likeness (QED) is 0.534. The Morgan fingerprint density at radius 2 is 1.87 bits per heavy atom. The third-order valence-electron chi connectivity index (χ3n) is 6.00. The number of aromatic amines is 1. The van der Waals surface area contributed by atoms with Crippen molar-refractivity contribution < 1.29 is 24.0 Å². The molecule has 162 valence electrons. The molecule has 2 N–H and O–H groups in total. The van der Waals surface area contributed by atoms with Crippen molar-refractivity contribution in [1.29, 1.82) is 0 Å². The minimum Gasteiger partial charge on any atom is -0.495 e. The van der Waals surface area contributed by atoms with Gasteiger partial charge in [0, 0.05) is 5.69 Å². The molecular formula is C23H32N3O4+. The molecule has 1 aliphatic rings. The number of H-pyrrole nitrogens is 1. The van der Waals surface area contributed by atoms with Gasteiger partial charge in [-0.2, -0.15) is 0 Å². The number of para-hydroxylation sites is 2. The maximum absolute atomic E-state index is 13.2. The average Bonchev–Trinajstić information content (AvgIpc) is 3.06. The predicted molar refractivity (Wildman–Crippen MR) is 116 cm³/mol. The summed E-state index contributed by atoms with van der Waals surface area (Å²) in [6.45, 7) is 11.1. The molecule has 1 aromatic heterocycles. The van der Waals surface area contributed by atoms with E-state index in [1.165, 1.54) is 4.90 Å². The van der Waals surface area contributed by atoms with Crippen molar-refractivity contribution in [3.8, 4) is 5.75 Å². The number of hydrogen-bond acceptors (Lipinski definition) is 5. The van der Waals surface area contributed by atoms with E-state index in [4.69, 9.17) is 9.47 Å². The van der Waals surface area contributed by atoms with Crippen LogP contribution < -0.4 is 14.5 Å². The number of aryl methyl sites for hydroxylation is 1. The van der Waals surface area contributed by atoms with Crippen LogP contribution in [0.4, 0.5) is 5.69 Å². The molecule has 2 aromatic rings. The molecule has 1 saturated heterocycles. The van der Waals surface area contributed by atoms with Gasteiger partial charge in [0.15, 0.2) is 6.04 Å². The second-order valence-corrected chi connectivity index (χ2v) is 7.75. The van der Waals surface area contributed by atoms with Crippen LogP contribution in [0.2, 0.25) is 0 Å². The minimum atomic E-state index is -0.381. The third kappa shape index (κ3) is 4.21. The number of aromatic nitrogens is 1. The van der Waals surface area contributed by atoms with E-state index in [1.807, 2.05) is 32.0 Å². The molecule has 0 aliphatic carbocycles. The molecule has 3 rings (SSSR count). The van der Waals surface area contributed by atoms with Gasteiger partial charge in [-0.1, -0.05) is 12.1 Å². The fourth-order valence-corrected chi connectivity index (χ4v) is 4.27. The largest absolute Gasteiger partial charge is 0.495 e. The molecular weight excluding hydrogens is 382 g/mol. The predicted octanol–water partition coefficient (Wildman–Crippen LogP) is 1.79. The lowest BCUT2D eigenvalue weighted by atomic mass is 10.0. The first-order valence-electron chi connectivity index (χ1n) is 10.5. The van der Waals surface area contributed by atoms with Gasteiger partial charge in [0.2, 0.25) is 5.78 Å². The Balaban J connectivity index is 1.70. The molecule has 1 fully saturated rings. The number of hydrogen-bond donors (Lipinski definition) is 2. The first kappa shape index (κ1) is 21.9. The van der Waals surface area contributed by atoms with Gasteiger partial charge >= 0.3 is 5.97 Å². The third-order valence-corrected chi connectivity index (χ3v) is 6.00. The van der Waals surface area contributed by atoms with Gasteiger partial charge in [-0.15, -0.1) is 0 Å². The zero-order chi connectivity index (χ0) is 21.8. The summed E-state index contributed by atoms with van der Waals surface area (Å²) in [5, 5.41) is 0. The van der Waals surface area contributed by atoms with Crippen molar-refractivity contribution in [3.05, 3.63) is 46.8 Å². The highest BCUT2D eigenvalue weighted by molar-refractivity contribution is 6.03. The molecule has 0 bridgehead atoms. The first-order chi connectivity index (χ1) is 14.4. The summed E-state index contributed by atoms with van der Waals surface area (Å²) < 4.78 is 10.6. The van der Waals surface area contributed by atoms with Crippen LogP contribution in [0, 0.1) is 13.8 Å². The van der Waals surface area contributed by atoms with Gasteiger partial charge in [0.1, 0.15) is 5.75 Å². The van der Waals surface area contributed by atoms with Crippen LogP contribution in [-0.4, -0.2) is 62.7 Å². The number of anilines is 1. The van der Waals surface area contributed by atoms with Crippen molar-refractivity contribution >= 4 is 17.4 Å². The van der Waals surface area contributed by atoms with Crippen molar-refractivity contribution in [1.82, 2.24) is 4.98 Å². The number of carbonyl (C=O) groups excluding carboxylic acids is 2. The Kier molecular flexibility index (Phi) is 6.82. The fraction of sp³-hybridized carbons (Fsp3) is 0.478. The molecule has 0 amide bonds. The molecule has 1 aromatic carbocycles. The normalized spacial score (nSPS) is 15.7. The van der Waals surface area contributed by atoms with E-state index in [0.29, 0.717) is 29.1 Å². The van der Waals surface area contributed by atoms with Gasteiger partial charge in [-0.05, 0) is 45.4 Å². The van der Waals surface area contributed by atoms with Gasteiger partial charge in [0.25, 0.3) is 0 Å². The molecule has 0 unspecified atom stereocenters. The maximum atomic E-state index is 13.2. The Bertz CT molecular complexity index is 913. The number of carbonyl (C=O) groups is 2. The molecule has 0 spiro atoms. The molecule has 0 radical (unpaired) electrons. The van der Waals surface area contributed by atoms with E-state index in [0.717, 1.165) is 37.6 Å². The van der Waals surface area contributed by atoms with Crippen molar-refractivity contribution in [2.75, 3.05) is 44.8 Å². The highest BCUT2D eigenvalue weighted by Gasteiger charge is 2.33. The summed E-state index contributed by atoms with van der Waals surface area (Å²) in [6, 6.07) is 7.83. The molecule has 7 nitrogen and oxygen atoms in total. The number of benzene rings is 1. The Labute approximate surface area is 178 Å². The Morgan fingerprint density at radius 3 is 2.50 bits per heavy atom. The number of methoxy groups -OCH3 is 1. The summed E-state index contributed by atoms with van der Waals surface area (Å²) >= 11 is 0. The second-order valence-electron chi connectivity index (χ2n) is 7.75. The van der Waals surface area contributed by atoms with Crippen LogP contribution in [0.3, 0.4) is 0 Å². The van der Waals surface area contributed by atoms with Crippen LogP contribution >= 0.6 is 0 Å². The first-order valence-corrected chi connectivity index (χ1v) is 10.5. The molecule has 1 aliphatic heterocycles. The van der Waals surface area contributed by atoms with E-state index in [2.05, 4.69) is 16.0 Å². The Hall–Kier alpha value is -2.80. The summed E-state index contributed by atoms with van der Waals surface area (Å²) in [7, 11) is 1.69. The summed E-state index contributed by atoms with van der Waals surface area (Å²) in [5.74, 6) is 0.522. The van der Waals surface area contributed by atoms with E-state index in [-0.39, 0.29) is 17.8 Å². The Morgan fingerprint density at radius 1 is 1.20 bits per heavy atom. The van der Waals surface area contributed by atoms with Gasteiger partial charge in [0.05, 0.1) is 56.8 Å². The SMILES string of the molecule is CCOC(=O)c1c(C)[nH]c(C(=O)[C@@H](C)[NH+]2CCN(c3ccccc3OC)CC2)c1C. The molecule has 7 heteroatoms. The highest BCUT2D eigenvalue weighted by Crippen LogP contribution is 2.27.